The first-order valence-corrected chi connectivity index (χ1v) is 5.36. The Balaban J connectivity index is 2.25. The first kappa shape index (κ1) is 12.5. The van der Waals surface area contributed by atoms with E-state index in [0.29, 0.717) is 19.6 Å². The smallest absolute Gasteiger partial charge is 0.234 e. The molecular weight excluding hydrogens is 200 g/mol. The van der Waals surface area contributed by atoms with Crippen molar-refractivity contribution in [2.75, 3.05) is 13.1 Å². The molecule has 0 spiro atoms. The fraction of sp³-hybridized carbons (Fsp3) is 0.308. The van der Waals surface area contributed by atoms with Crippen molar-refractivity contribution < 1.29 is 4.79 Å². The standard InChI is InChI=1S/C13H18N2O/c1-3-7-15-13(16)10-14-9-12-6-4-5-11(2)8-12/h3-6,8,14H,1,7,9-10H2,2H3,(H,15,16). The minimum Gasteiger partial charge on any atom is -0.352 e. The van der Waals surface area contributed by atoms with Crippen molar-refractivity contribution in [3.8, 4) is 0 Å². The van der Waals surface area contributed by atoms with E-state index >= 15 is 0 Å². The van der Waals surface area contributed by atoms with Crippen molar-refractivity contribution in [2.24, 2.45) is 0 Å². The number of hydrogen-bond acceptors (Lipinski definition) is 2. The van der Waals surface area contributed by atoms with Crippen LogP contribution in [0.2, 0.25) is 0 Å². The maximum Gasteiger partial charge on any atom is 0.234 e. The molecule has 0 aliphatic rings. The topological polar surface area (TPSA) is 41.1 Å². The van der Waals surface area contributed by atoms with Crippen LogP contribution in [0.25, 0.3) is 0 Å². The summed E-state index contributed by atoms with van der Waals surface area (Å²) in [6.45, 7) is 7.16. The summed E-state index contributed by atoms with van der Waals surface area (Å²) < 4.78 is 0. The first-order chi connectivity index (χ1) is 7.72. The van der Waals surface area contributed by atoms with E-state index in [0.717, 1.165) is 0 Å². The third-order valence-corrected chi connectivity index (χ3v) is 2.14. The Hall–Kier alpha value is -1.61. The first-order valence-electron chi connectivity index (χ1n) is 5.36. The molecule has 0 atom stereocenters. The number of benzene rings is 1. The molecule has 1 amide bonds. The van der Waals surface area contributed by atoms with Gasteiger partial charge in [-0.2, -0.15) is 0 Å². The van der Waals surface area contributed by atoms with Crippen LogP contribution in [0.3, 0.4) is 0 Å². The van der Waals surface area contributed by atoms with Gasteiger partial charge < -0.3 is 10.6 Å². The molecule has 0 fully saturated rings. The lowest BCUT2D eigenvalue weighted by molar-refractivity contribution is -0.120. The molecular formula is C13H18N2O. The zero-order valence-corrected chi connectivity index (χ0v) is 9.62. The second kappa shape index (κ2) is 6.80. The van der Waals surface area contributed by atoms with E-state index in [1.54, 1.807) is 6.08 Å². The van der Waals surface area contributed by atoms with Gasteiger partial charge in [0.2, 0.25) is 5.91 Å². The summed E-state index contributed by atoms with van der Waals surface area (Å²) in [5.41, 5.74) is 2.42. The van der Waals surface area contributed by atoms with E-state index in [1.165, 1.54) is 11.1 Å². The highest BCUT2D eigenvalue weighted by molar-refractivity contribution is 5.78. The number of carbonyl (C=O) groups is 1. The molecule has 0 bridgehead atoms. The summed E-state index contributed by atoms with van der Waals surface area (Å²) in [5.74, 6) is -0.00690. The van der Waals surface area contributed by atoms with Gasteiger partial charge in [0.1, 0.15) is 0 Å². The molecule has 0 radical (unpaired) electrons. The number of carbonyl (C=O) groups excluding carboxylic acids is 1. The molecule has 16 heavy (non-hydrogen) atoms. The molecule has 0 unspecified atom stereocenters. The van der Waals surface area contributed by atoms with Gasteiger partial charge in [-0.1, -0.05) is 35.9 Å². The summed E-state index contributed by atoms with van der Waals surface area (Å²) in [7, 11) is 0. The summed E-state index contributed by atoms with van der Waals surface area (Å²) in [6.07, 6.45) is 1.67. The van der Waals surface area contributed by atoms with E-state index in [2.05, 4.69) is 36.3 Å². The van der Waals surface area contributed by atoms with Crippen LogP contribution in [0.5, 0.6) is 0 Å². The fourth-order valence-electron chi connectivity index (χ4n) is 1.39. The molecule has 0 aliphatic carbocycles. The van der Waals surface area contributed by atoms with Crippen LogP contribution in [-0.4, -0.2) is 19.0 Å². The van der Waals surface area contributed by atoms with Gasteiger partial charge in [0, 0.05) is 13.1 Å². The van der Waals surface area contributed by atoms with Crippen LogP contribution in [0, 0.1) is 6.92 Å². The third kappa shape index (κ3) is 4.75. The van der Waals surface area contributed by atoms with Crippen molar-refractivity contribution in [3.05, 3.63) is 48.0 Å². The largest absolute Gasteiger partial charge is 0.352 e. The van der Waals surface area contributed by atoms with Gasteiger partial charge in [0.05, 0.1) is 6.54 Å². The summed E-state index contributed by atoms with van der Waals surface area (Å²) >= 11 is 0. The van der Waals surface area contributed by atoms with Crippen LogP contribution < -0.4 is 10.6 Å². The van der Waals surface area contributed by atoms with Crippen molar-refractivity contribution in [1.82, 2.24) is 10.6 Å². The third-order valence-electron chi connectivity index (χ3n) is 2.14. The van der Waals surface area contributed by atoms with E-state index in [1.807, 2.05) is 12.1 Å². The molecule has 0 heterocycles. The van der Waals surface area contributed by atoms with E-state index in [-0.39, 0.29) is 5.91 Å². The monoisotopic (exact) mass is 218 g/mol. The maximum absolute atomic E-state index is 11.2. The molecule has 0 aromatic heterocycles. The summed E-state index contributed by atoms with van der Waals surface area (Å²) in [4.78, 5) is 11.2. The lowest BCUT2D eigenvalue weighted by Gasteiger charge is -2.05. The minimum absolute atomic E-state index is 0.00690. The molecule has 0 aliphatic heterocycles. The van der Waals surface area contributed by atoms with Crippen LogP contribution >= 0.6 is 0 Å². The fourth-order valence-corrected chi connectivity index (χ4v) is 1.39. The van der Waals surface area contributed by atoms with Crippen LogP contribution in [0.4, 0.5) is 0 Å². The molecule has 1 aromatic rings. The van der Waals surface area contributed by atoms with Crippen molar-refractivity contribution >= 4 is 5.91 Å². The Morgan fingerprint density at radius 1 is 1.50 bits per heavy atom. The SMILES string of the molecule is C=CCNC(=O)CNCc1cccc(C)c1. The van der Waals surface area contributed by atoms with Crippen LogP contribution in [-0.2, 0) is 11.3 Å². The number of nitrogens with one attached hydrogen (secondary N) is 2. The van der Waals surface area contributed by atoms with Gasteiger partial charge in [-0.3, -0.25) is 4.79 Å². The van der Waals surface area contributed by atoms with E-state index < -0.39 is 0 Å². The zero-order valence-electron chi connectivity index (χ0n) is 9.62. The number of amides is 1. The number of aryl methyl sites for hydroxylation is 1. The van der Waals surface area contributed by atoms with Gasteiger partial charge in [-0.25, -0.2) is 0 Å². The Kier molecular flexibility index (Phi) is 5.29. The molecule has 0 saturated carbocycles. The number of rotatable bonds is 6. The summed E-state index contributed by atoms with van der Waals surface area (Å²) in [5, 5.41) is 5.80. The van der Waals surface area contributed by atoms with Crippen molar-refractivity contribution in [3.63, 3.8) is 0 Å². The molecule has 1 aromatic carbocycles. The maximum atomic E-state index is 11.2. The molecule has 0 saturated heterocycles. The van der Waals surface area contributed by atoms with Gasteiger partial charge in [-0.15, -0.1) is 6.58 Å². The lowest BCUT2D eigenvalue weighted by atomic mass is 10.1. The summed E-state index contributed by atoms with van der Waals surface area (Å²) in [6, 6.07) is 8.22. The van der Waals surface area contributed by atoms with Crippen molar-refractivity contribution in [2.45, 2.75) is 13.5 Å². The van der Waals surface area contributed by atoms with Crippen LogP contribution in [0.15, 0.2) is 36.9 Å². The normalized spacial score (nSPS) is 9.81. The Bertz CT molecular complexity index is 361. The van der Waals surface area contributed by atoms with Gasteiger partial charge in [0.25, 0.3) is 0 Å². The Morgan fingerprint density at radius 2 is 2.31 bits per heavy atom. The minimum atomic E-state index is -0.00690. The van der Waals surface area contributed by atoms with E-state index in [4.69, 9.17) is 0 Å². The van der Waals surface area contributed by atoms with E-state index in [9.17, 15) is 4.79 Å². The van der Waals surface area contributed by atoms with Crippen LogP contribution in [0.1, 0.15) is 11.1 Å². The quantitative estimate of drug-likeness (QED) is 0.708. The van der Waals surface area contributed by atoms with Gasteiger partial charge in [-0.05, 0) is 12.5 Å². The Morgan fingerprint density at radius 3 is 3.00 bits per heavy atom. The highest BCUT2D eigenvalue weighted by atomic mass is 16.1. The average molecular weight is 218 g/mol. The Labute approximate surface area is 96.6 Å². The molecule has 3 heteroatoms. The molecule has 86 valence electrons. The highest BCUT2D eigenvalue weighted by Gasteiger charge is 1.98. The lowest BCUT2D eigenvalue weighted by Crippen LogP contribution is -2.33. The van der Waals surface area contributed by atoms with Gasteiger partial charge in [0.15, 0.2) is 0 Å². The molecule has 2 N–H and O–H groups in total. The van der Waals surface area contributed by atoms with Gasteiger partial charge >= 0.3 is 0 Å². The zero-order chi connectivity index (χ0) is 11.8. The molecule has 3 nitrogen and oxygen atoms in total. The highest BCUT2D eigenvalue weighted by Crippen LogP contribution is 2.02. The molecule has 1 rings (SSSR count). The predicted octanol–water partition coefficient (Wildman–Crippen LogP) is 1.39. The van der Waals surface area contributed by atoms with Crippen molar-refractivity contribution in [1.29, 1.82) is 0 Å². The second-order valence-corrected chi connectivity index (χ2v) is 3.69. The second-order valence-electron chi connectivity index (χ2n) is 3.69. The number of hydrogen-bond donors (Lipinski definition) is 2. The average Bonchev–Trinajstić information content (AvgIpc) is 2.26. The predicted molar refractivity (Wildman–Crippen MR) is 66.1 cm³/mol.